The molecule has 0 N–H and O–H groups in total. The van der Waals surface area contributed by atoms with Crippen molar-refractivity contribution >= 4 is 45.8 Å². The van der Waals surface area contributed by atoms with Gasteiger partial charge in [-0.3, -0.25) is 0 Å². The quantitative estimate of drug-likeness (QED) is 0.212. The molecule has 0 nitrogen and oxygen atoms in total. The van der Waals surface area contributed by atoms with Crippen molar-refractivity contribution < 1.29 is 0 Å². The summed E-state index contributed by atoms with van der Waals surface area (Å²) in [6, 6.07) is 40.1. The molecule has 6 aromatic carbocycles. The Labute approximate surface area is 230 Å². The largest absolute Gasteiger partial charge is 0.0610 e. The zero-order valence-corrected chi connectivity index (χ0v) is 22.4. The van der Waals surface area contributed by atoms with E-state index in [0.29, 0.717) is 0 Å². The summed E-state index contributed by atoms with van der Waals surface area (Å²) in [4.78, 5) is 0. The summed E-state index contributed by atoms with van der Waals surface area (Å²) in [6.45, 7) is 4.26. The van der Waals surface area contributed by atoms with Crippen molar-refractivity contribution in [1.82, 2.24) is 0 Å². The minimum absolute atomic E-state index is 0.968. The Morgan fingerprint density at radius 2 is 0.846 bits per heavy atom. The van der Waals surface area contributed by atoms with Gasteiger partial charge in [0.15, 0.2) is 0 Å². The van der Waals surface area contributed by atoms with Crippen LogP contribution < -0.4 is 0 Å². The van der Waals surface area contributed by atoms with Crippen LogP contribution in [0.1, 0.15) is 44.5 Å². The van der Waals surface area contributed by atoms with Gasteiger partial charge in [0, 0.05) is 0 Å². The van der Waals surface area contributed by atoms with Crippen LogP contribution in [0.3, 0.4) is 0 Å². The Balaban J connectivity index is 1.27. The first kappa shape index (κ1) is 23.4. The highest BCUT2D eigenvalue weighted by Gasteiger charge is 2.23. The van der Waals surface area contributed by atoms with Gasteiger partial charge in [-0.25, -0.2) is 0 Å². The molecular formula is C39H30. The molecule has 0 fully saturated rings. The summed E-state index contributed by atoms with van der Waals surface area (Å²) in [6.07, 6.45) is 9.91. The van der Waals surface area contributed by atoms with Crippen LogP contribution >= 0.6 is 0 Å². The highest BCUT2D eigenvalue weighted by atomic mass is 14.3. The summed E-state index contributed by atoms with van der Waals surface area (Å²) in [5, 5.41) is 5.36. The Morgan fingerprint density at radius 3 is 1.28 bits per heavy atom. The lowest BCUT2D eigenvalue weighted by Crippen LogP contribution is -1.88. The molecule has 1 aliphatic rings. The second-order valence-electron chi connectivity index (χ2n) is 10.7. The second kappa shape index (κ2) is 9.57. The van der Waals surface area contributed by atoms with Crippen LogP contribution in [0.25, 0.3) is 57.0 Å². The molecule has 0 amide bonds. The Kier molecular flexibility index (Phi) is 5.75. The Hall–Kier alpha value is -4.68. The number of aryl methyl sites for hydroxylation is 2. The van der Waals surface area contributed by atoms with E-state index in [9.17, 15) is 0 Å². The van der Waals surface area contributed by atoms with Gasteiger partial charge in [-0.05, 0) is 86.3 Å². The molecule has 6 aromatic rings. The summed E-state index contributed by atoms with van der Waals surface area (Å²) < 4.78 is 0. The number of hydrogen-bond donors (Lipinski definition) is 0. The lowest BCUT2D eigenvalue weighted by Gasteiger charge is -2.09. The maximum absolute atomic E-state index is 2.33. The molecule has 0 saturated carbocycles. The first-order valence-corrected chi connectivity index (χ1v) is 13.7. The van der Waals surface area contributed by atoms with E-state index in [0.717, 1.165) is 6.42 Å². The fourth-order valence-corrected chi connectivity index (χ4v) is 5.97. The van der Waals surface area contributed by atoms with E-state index in [2.05, 4.69) is 147 Å². The predicted octanol–water partition coefficient (Wildman–Crippen LogP) is 10.5. The second-order valence-corrected chi connectivity index (χ2v) is 10.7. The average molecular weight is 499 g/mol. The predicted molar refractivity (Wildman–Crippen MR) is 170 cm³/mol. The van der Waals surface area contributed by atoms with Crippen molar-refractivity contribution in [3.05, 3.63) is 154 Å². The maximum Gasteiger partial charge on any atom is -0.000111 e. The normalized spacial score (nSPS) is 12.6. The minimum Gasteiger partial charge on any atom is -0.0610 e. The summed E-state index contributed by atoms with van der Waals surface area (Å²) in [7, 11) is 0. The highest BCUT2D eigenvalue weighted by molar-refractivity contribution is 6.05. The van der Waals surface area contributed by atoms with Gasteiger partial charge in [0.1, 0.15) is 0 Å². The van der Waals surface area contributed by atoms with Crippen LogP contribution in [0, 0.1) is 13.8 Å². The molecule has 7 rings (SSSR count). The van der Waals surface area contributed by atoms with Gasteiger partial charge in [0.2, 0.25) is 0 Å². The Morgan fingerprint density at radius 1 is 0.410 bits per heavy atom. The van der Waals surface area contributed by atoms with Crippen LogP contribution in [0.5, 0.6) is 0 Å². The number of rotatable bonds is 4. The molecular weight excluding hydrogens is 468 g/mol. The fourth-order valence-electron chi connectivity index (χ4n) is 5.97. The van der Waals surface area contributed by atoms with E-state index in [4.69, 9.17) is 0 Å². The molecule has 1 aliphatic carbocycles. The summed E-state index contributed by atoms with van der Waals surface area (Å²) in [5.41, 5.74) is 13.2. The molecule has 0 saturated heterocycles. The molecule has 0 aliphatic heterocycles. The topological polar surface area (TPSA) is 0 Å². The van der Waals surface area contributed by atoms with E-state index in [1.165, 1.54) is 77.2 Å². The lowest BCUT2D eigenvalue weighted by molar-refractivity contribution is 1.31. The van der Waals surface area contributed by atoms with Crippen LogP contribution in [0.15, 0.2) is 109 Å². The van der Waals surface area contributed by atoms with Crippen molar-refractivity contribution in [3.63, 3.8) is 0 Å². The molecule has 0 heterocycles. The first-order valence-electron chi connectivity index (χ1n) is 13.7. The van der Waals surface area contributed by atoms with Gasteiger partial charge in [0.25, 0.3) is 0 Å². The minimum atomic E-state index is 0.968. The lowest BCUT2D eigenvalue weighted by atomic mass is 9.95. The highest BCUT2D eigenvalue weighted by Crippen LogP contribution is 2.44. The van der Waals surface area contributed by atoms with Crippen molar-refractivity contribution in [2.75, 3.05) is 0 Å². The summed E-state index contributed by atoms with van der Waals surface area (Å²) >= 11 is 0. The zero-order chi connectivity index (χ0) is 26.3. The first-order chi connectivity index (χ1) is 19.1. The molecule has 39 heavy (non-hydrogen) atoms. The van der Waals surface area contributed by atoms with Gasteiger partial charge in [-0.1, -0.05) is 145 Å². The van der Waals surface area contributed by atoms with Crippen LogP contribution in [-0.2, 0) is 6.42 Å². The smallest absolute Gasteiger partial charge is 0.000111 e. The van der Waals surface area contributed by atoms with Gasteiger partial charge >= 0.3 is 0 Å². The molecule has 0 aromatic heterocycles. The molecule has 0 bridgehead atoms. The van der Waals surface area contributed by atoms with Crippen molar-refractivity contribution in [1.29, 1.82) is 0 Å². The maximum atomic E-state index is 2.33. The fraction of sp³-hybridized carbons (Fsp3) is 0.0769. The third-order valence-electron chi connectivity index (χ3n) is 8.12. The average Bonchev–Trinajstić information content (AvgIpc) is 3.36. The van der Waals surface area contributed by atoms with Gasteiger partial charge in [0.05, 0.1) is 0 Å². The van der Waals surface area contributed by atoms with E-state index < -0.39 is 0 Å². The zero-order valence-electron chi connectivity index (χ0n) is 22.4. The molecule has 0 unspecified atom stereocenters. The van der Waals surface area contributed by atoms with Crippen molar-refractivity contribution in [3.8, 4) is 11.1 Å². The Bertz CT molecular complexity index is 1770. The molecule has 0 radical (unpaired) electrons. The molecule has 0 spiro atoms. The number of fused-ring (bicyclic) bond motifs is 7. The molecule has 186 valence electrons. The molecule has 0 heteroatoms. The van der Waals surface area contributed by atoms with Crippen LogP contribution in [0.4, 0.5) is 0 Å². The van der Waals surface area contributed by atoms with E-state index in [-0.39, 0.29) is 0 Å². The SMILES string of the molecule is Cc1ccc(/C=C/c2cccc3c4c(ccc23)-c2ccc3c(/C=C/c5ccc(C)cc5)cccc3c2C4)cc1. The van der Waals surface area contributed by atoms with Crippen LogP contribution in [-0.4, -0.2) is 0 Å². The number of hydrogen-bond acceptors (Lipinski definition) is 0. The van der Waals surface area contributed by atoms with Crippen molar-refractivity contribution in [2.24, 2.45) is 0 Å². The van der Waals surface area contributed by atoms with Crippen molar-refractivity contribution in [2.45, 2.75) is 20.3 Å². The third-order valence-corrected chi connectivity index (χ3v) is 8.12. The van der Waals surface area contributed by atoms with Crippen LogP contribution in [0.2, 0.25) is 0 Å². The van der Waals surface area contributed by atoms with Gasteiger partial charge in [-0.15, -0.1) is 0 Å². The van der Waals surface area contributed by atoms with E-state index >= 15 is 0 Å². The number of benzene rings is 6. The monoisotopic (exact) mass is 498 g/mol. The third kappa shape index (κ3) is 4.29. The van der Waals surface area contributed by atoms with Gasteiger partial charge in [-0.2, -0.15) is 0 Å². The molecule has 0 atom stereocenters. The van der Waals surface area contributed by atoms with Gasteiger partial charge < -0.3 is 0 Å². The standard InChI is InChI=1S/C39H30/c1-26-9-13-28(14-10-26)17-19-30-5-3-7-34-32(30)21-23-36-37-24-22-33-31(20-18-29-15-11-27(2)12-16-29)6-4-8-35(33)39(37)25-38(34)36/h3-24H,25H2,1-2H3/b19-17+,20-18+. The van der Waals surface area contributed by atoms with E-state index in [1.54, 1.807) is 0 Å². The summed E-state index contributed by atoms with van der Waals surface area (Å²) in [5.74, 6) is 0. The van der Waals surface area contributed by atoms with E-state index in [1.807, 2.05) is 0 Å².